The number of benzene rings is 2. The van der Waals surface area contributed by atoms with Gasteiger partial charge in [0.2, 0.25) is 15.9 Å². The van der Waals surface area contributed by atoms with Crippen LogP contribution < -0.4 is 11.1 Å². The van der Waals surface area contributed by atoms with Crippen LogP contribution in [0.25, 0.3) is 0 Å². The molecule has 1 saturated heterocycles. The van der Waals surface area contributed by atoms with E-state index in [0.29, 0.717) is 13.1 Å². The van der Waals surface area contributed by atoms with Crippen molar-refractivity contribution in [2.45, 2.75) is 36.7 Å². The van der Waals surface area contributed by atoms with Gasteiger partial charge in [-0.3, -0.25) is 4.79 Å². The summed E-state index contributed by atoms with van der Waals surface area (Å²) < 4.78 is 26.6. The molecule has 1 atom stereocenters. The largest absolute Gasteiger partial charge is 0.350 e. The molecule has 0 spiro atoms. The average Bonchev–Trinajstić information content (AvgIpc) is 3.23. The molecule has 1 heterocycles. The fourth-order valence-corrected chi connectivity index (χ4v) is 4.66. The number of nitrogens with one attached hydrogen (secondary N) is 1. The number of hydrogen-bond acceptors (Lipinski definition) is 4. The molecule has 0 aromatic heterocycles. The Kier molecular flexibility index (Phi) is 5.64. The molecule has 0 aliphatic carbocycles. The predicted molar refractivity (Wildman–Crippen MR) is 104 cm³/mol. The van der Waals surface area contributed by atoms with Crippen molar-refractivity contribution in [2.75, 3.05) is 13.1 Å². The molecule has 7 heteroatoms. The lowest BCUT2D eigenvalue weighted by atomic mass is 9.92. The molecular weight excluding hydrogens is 362 g/mol. The summed E-state index contributed by atoms with van der Waals surface area (Å²) in [6.45, 7) is 3.11. The third-order valence-corrected chi connectivity index (χ3v) is 6.84. The van der Waals surface area contributed by atoms with E-state index < -0.39 is 15.6 Å². The lowest BCUT2D eigenvalue weighted by Crippen LogP contribution is -2.48. The maximum atomic E-state index is 12.5. The lowest BCUT2D eigenvalue weighted by molar-refractivity contribution is -0.126. The van der Waals surface area contributed by atoms with Gasteiger partial charge >= 0.3 is 0 Å². The maximum absolute atomic E-state index is 12.5. The van der Waals surface area contributed by atoms with E-state index in [1.165, 1.54) is 4.31 Å². The summed E-state index contributed by atoms with van der Waals surface area (Å²) in [5.74, 6) is -0.289. The lowest BCUT2D eigenvalue weighted by Gasteiger charge is -2.24. The number of nitrogens with two attached hydrogens (primary N) is 1. The van der Waals surface area contributed by atoms with Crippen LogP contribution in [0.15, 0.2) is 59.5 Å². The monoisotopic (exact) mass is 387 g/mol. The number of rotatable bonds is 6. The summed E-state index contributed by atoms with van der Waals surface area (Å²) in [6.07, 6.45) is 1.81. The molecule has 3 rings (SSSR count). The Bertz CT molecular complexity index is 888. The van der Waals surface area contributed by atoms with E-state index in [1.807, 2.05) is 30.3 Å². The molecule has 1 aliphatic heterocycles. The third-order valence-electron chi connectivity index (χ3n) is 4.92. The normalized spacial score (nSPS) is 17.4. The van der Waals surface area contributed by atoms with Crippen LogP contribution in [0, 0.1) is 0 Å². The quantitative estimate of drug-likeness (QED) is 0.792. The van der Waals surface area contributed by atoms with Gasteiger partial charge in [0.15, 0.2) is 0 Å². The highest BCUT2D eigenvalue weighted by molar-refractivity contribution is 7.89. The van der Waals surface area contributed by atoms with E-state index >= 15 is 0 Å². The van der Waals surface area contributed by atoms with Gasteiger partial charge in [-0.2, -0.15) is 4.31 Å². The van der Waals surface area contributed by atoms with Crippen LogP contribution >= 0.6 is 0 Å². The van der Waals surface area contributed by atoms with Gasteiger partial charge in [-0.25, -0.2) is 8.42 Å². The zero-order chi connectivity index (χ0) is 19.5. The Balaban J connectivity index is 1.64. The summed E-state index contributed by atoms with van der Waals surface area (Å²) in [4.78, 5) is 12.8. The number of nitrogens with zero attached hydrogens (tertiary/aromatic N) is 1. The standard InChI is InChI=1S/C20H25N3O3S/c1-20(21,17-7-3-2-4-8-17)19(24)22-15-16-9-11-18(12-10-16)27(25,26)23-13-5-6-14-23/h2-4,7-12H,5-6,13-15,21H2,1H3,(H,22,24). The van der Waals surface area contributed by atoms with Gasteiger partial charge in [0.05, 0.1) is 4.90 Å². The predicted octanol–water partition coefficient (Wildman–Crippen LogP) is 1.96. The Hall–Kier alpha value is -2.22. The van der Waals surface area contributed by atoms with E-state index in [1.54, 1.807) is 31.2 Å². The minimum Gasteiger partial charge on any atom is -0.350 e. The van der Waals surface area contributed by atoms with Gasteiger partial charge in [-0.05, 0) is 43.0 Å². The first-order valence-corrected chi connectivity index (χ1v) is 10.5. The second-order valence-electron chi connectivity index (χ2n) is 7.01. The second kappa shape index (κ2) is 7.80. The molecule has 1 amide bonds. The first-order chi connectivity index (χ1) is 12.8. The minimum absolute atomic E-state index is 0.280. The highest BCUT2D eigenvalue weighted by atomic mass is 32.2. The number of carbonyl (C=O) groups is 1. The van der Waals surface area contributed by atoms with Gasteiger partial charge in [0.1, 0.15) is 5.54 Å². The Labute approximate surface area is 160 Å². The third kappa shape index (κ3) is 4.21. The van der Waals surface area contributed by atoms with Crippen LogP contribution in [0.4, 0.5) is 0 Å². The fraction of sp³-hybridized carbons (Fsp3) is 0.350. The summed E-state index contributed by atoms with van der Waals surface area (Å²) in [5.41, 5.74) is 6.60. The van der Waals surface area contributed by atoms with Crippen LogP contribution in [-0.4, -0.2) is 31.7 Å². The van der Waals surface area contributed by atoms with Gasteiger partial charge < -0.3 is 11.1 Å². The van der Waals surface area contributed by atoms with E-state index in [0.717, 1.165) is 24.0 Å². The molecule has 2 aromatic carbocycles. The molecule has 144 valence electrons. The van der Waals surface area contributed by atoms with Gasteiger partial charge in [-0.15, -0.1) is 0 Å². The van der Waals surface area contributed by atoms with Crippen molar-refractivity contribution < 1.29 is 13.2 Å². The van der Waals surface area contributed by atoms with Crippen molar-refractivity contribution in [3.63, 3.8) is 0 Å². The zero-order valence-corrected chi connectivity index (χ0v) is 16.2. The SMILES string of the molecule is CC(N)(C(=O)NCc1ccc(S(=O)(=O)N2CCCC2)cc1)c1ccccc1. The van der Waals surface area contributed by atoms with E-state index in [-0.39, 0.29) is 17.3 Å². The van der Waals surface area contributed by atoms with Crippen molar-refractivity contribution in [2.24, 2.45) is 5.73 Å². The van der Waals surface area contributed by atoms with Crippen molar-refractivity contribution >= 4 is 15.9 Å². The molecule has 6 nitrogen and oxygen atoms in total. The molecule has 2 aromatic rings. The van der Waals surface area contributed by atoms with Crippen molar-refractivity contribution in [1.82, 2.24) is 9.62 Å². The van der Waals surface area contributed by atoms with E-state index in [4.69, 9.17) is 5.73 Å². The Morgan fingerprint density at radius 1 is 1.07 bits per heavy atom. The maximum Gasteiger partial charge on any atom is 0.244 e. The molecule has 0 bridgehead atoms. The highest BCUT2D eigenvalue weighted by Crippen LogP contribution is 2.21. The molecule has 0 saturated carbocycles. The average molecular weight is 388 g/mol. The first kappa shape index (κ1) is 19.5. The molecule has 3 N–H and O–H groups in total. The number of carbonyl (C=O) groups excluding carboxylic acids is 1. The van der Waals surface area contributed by atoms with E-state index in [2.05, 4.69) is 5.32 Å². The smallest absolute Gasteiger partial charge is 0.244 e. The molecule has 0 radical (unpaired) electrons. The topological polar surface area (TPSA) is 92.5 Å². The van der Waals surface area contributed by atoms with Crippen molar-refractivity contribution in [3.8, 4) is 0 Å². The summed E-state index contributed by atoms with van der Waals surface area (Å²) in [6, 6.07) is 15.8. The Morgan fingerprint density at radius 2 is 1.67 bits per heavy atom. The van der Waals surface area contributed by atoms with Crippen molar-refractivity contribution in [3.05, 3.63) is 65.7 Å². The number of sulfonamides is 1. The van der Waals surface area contributed by atoms with Crippen LogP contribution in [0.1, 0.15) is 30.9 Å². The van der Waals surface area contributed by atoms with Crippen LogP contribution in [-0.2, 0) is 26.9 Å². The van der Waals surface area contributed by atoms with Crippen LogP contribution in [0.2, 0.25) is 0 Å². The van der Waals surface area contributed by atoms with Crippen molar-refractivity contribution in [1.29, 1.82) is 0 Å². The second-order valence-corrected chi connectivity index (χ2v) is 8.94. The fourth-order valence-electron chi connectivity index (χ4n) is 3.14. The van der Waals surface area contributed by atoms with Crippen LogP contribution in [0.5, 0.6) is 0 Å². The molecular formula is C20H25N3O3S. The number of amides is 1. The zero-order valence-electron chi connectivity index (χ0n) is 15.4. The van der Waals surface area contributed by atoms with Gasteiger partial charge in [0, 0.05) is 19.6 Å². The molecule has 1 unspecified atom stereocenters. The molecule has 1 fully saturated rings. The highest BCUT2D eigenvalue weighted by Gasteiger charge is 2.30. The van der Waals surface area contributed by atoms with Gasteiger partial charge in [0.25, 0.3) is 0 Å². The first-order valence-electron chi connectivity index (χ1n) is 9.03. The van der Waals surface area contributed by atoms with E-state index in [9.17, 15) is 13.2 Å². The minimum atomic E-state index is -3.42. The molecule has 27 heavy (non-hydrogen) atoms. The summed E-state index contributed by atoms with van der Waals surface area (Å²) >= 11 is 0. The Morgan fingerprint density at radius 3 is 2.26 bits per heavy atom. The summed E-state index contributed by atoms with van der Waals surface area (Å²) in [7, 11) is -3.42. The van der Waals surface area contributed by atoms with Crippen LogP contribution in [0.3, 0.4) is 0 Å². The molecule has 1 aliphatic rings. The van der Waals surface area contributed by atoms with Gasteiger partial charge in [-0.1, -0.05) is 42.5 Å². The number of hydrogen-bond donors (Lipinski definition) is 2. The summed E-state index contributed by atoms with van der Waals surface area (Å²) in [5, 5.41) is 2.83.